The van der Waals surface area contributed by atoms with Crippen molar-refractivity contribution in [3.05, 3.63) is 156 Å². The molecule has 0 saturated carbocycles. The molecule has 0 amide bonds. The van der Waals surface area contributed by atoms with E-state index < -0.39 is 58.7 Å². The van der Waals surface area contributed by atoms with Crippen molar-refractivity contribution in [2.24, 2.45) is 5.41 Å². The second kappa shape index (κ2) is 19.8. The van der Waals surface area contributed by atoms with E-state index in [1.807, 2.05) is 44.2 Å². The van der Waals surface area contributed by atoms with Crippen LogP contribution in [0, 0.1) is 5.41 Å². The minimum atomic E-state index is -4.70. The van der Waals surface area contributed by atoms with Gasteiger partial charge in [-0.05, 0) is 65.1 Å². The van der Waals surface area contributed by atoms with Crippen molar-refractivity contribution >= 4 is 26.6 Å². The van der Waals surface area contributed by atoms with Crippen LogP contribution >= 0.6 is 0 Å². The van der Waals surface area contributed by atoms with Crippen molar-refractivity contribution < 1.29 is 68.6 Å². The topological polar surface area (TPSA) is 230 Å². The van der Waals surface area contributed by atoms with E-state index >= 15 is 0 Å². The van der Waals surface area contributed by atoms with Crippen LogP contribution in [-0.2, 0) is 24.9 Å². The Labute approximate surface area is 381 Å². The molecule has 2 aromatic heterocycles. The Morgan fingerprint density at radius 2 is 1.52 bits per heavy atom. The molecule has 0 aliphatic carbocycles. The zero-order valence-corrected chi connectivity index (χ0v) is 36.1. The van der Waals surface area contributed by atoms with Gasteiger partial charge in [0.2, 0.25) is 11.8 Å². The molecule has 14 nitrogen and oxygen atoms in total. The van der Waals surface area contributed by atoms with E-state index in [1.165, 1.54) is 29.3 Å². The summed E-state index contributed by atoms with van der Waals surface area (Å²) < 4.78 is 52.1. The second-order valence-electron chi connectivity index (χ2n) is 15.6. The number of hydrogen-bond donors (Lipinski definition) is 9. The lowest BCUT2D eigenvalue weighted by atomic mass is 9.42. The van der Waals surface area contributed by atoms with E-state index in [9.17, 15) is 59.1 Å². The predicted molar refractivity (Wildman–Crippen MR) is 239 cm³/mol. The van der Waals surface area contributed by atoms with Gasteiger partial charge in [-0.15, -0.1) is 0 Å². The Balaban J connectivity index is 0.00000403. The van der Waals surface area contributed by atoms with Gasteiger partial charge >= 0.3 is 12.1 Å². The van der Waals surface area contributed by atoms with Crippen LogP contribution in [0.15, 0.2) is 134 Å². The van der Waals surface area contributed by atoms with Crippen molar-refractivity contribution in [3.63, 3.8) is 0 Å². The largest absolute Gasteiger partial charge is 0.473 e. The molecular formula is C47H50B2F3N3O11. The van der Waals surface area contributed by atoms with E-state index in [2.05, 4.69) is 23.1 Å². The van der Waals surface area contributed by atoms with Crippen molar-refractivity contribution in [3.8, 4) is 22.9 Å². The van der Waals surface area contributed by atoms with Gasteiger partial charge < -0.3 is 55.4 Å². The fourth-order valence-corrected chi connectivity index (χ4v) is 7.94. The standard InChI is InChI=1S/C45H44B2F3N3O11.C2H6/c1-3-8-28(4-2)25-63-37-18-16-35(38(52-37)64-26-30-9-6-5-7-10-30)32-21-31-22-34(15-17-36(31)51-23-32)39(54)19-20-53(24-29-11-13-33(14-12-29)41(48,49)50)27-40(39,42(46,55)44(47,58)59)43(56,57)45(60,61)62;1-2/h3-18,21-23,54-62H,1-2,19-20,24-27H2;1-2H3/b28-8+;. The maximum absolute atomic E-state index is 13.3. The van der Waals surface area contributed by atoms with Gasteiger partial charge in [0.15, 0.2) is 7.85 Å². The van der Waals surface area contributed by atoms with Crippen LogP contribution in [0.1, 0.15) is 42.5 Å². The van der Waals surface area contributed by atoms with E-state index in [0.717, 1.165) is 35.4 Å². The average molecular weight is 912 g/mol. The molecule has 1 aliphatic rings. The van der Waals surface area contributed by atoms with Crippen LogP contribution in [0.2, 0.25) is 0 Å². The maximum Gasteiger partial charge on any atom is 0.416 e. The van der Waals surface area contributed by atoms with Crippen LogP contribution in [0.4, 0.5) is 13.2 Å². The summed E-state index contributed by atoms with van der Waals surface area (Å²) >= 11 is 0. The molecule has 4 radical (unpaired) electrons. The summed E-state index contributed by atoms with van der Waals surface area (Å²) in [6.45, 7) is 9.74. The van der Waals surface area contributed by atoms with Gasteiger partial charge in [-0.25, -0.2) is 0 Å². The third-order valence-corrected chi connectivity index (χ3v) is 11.4. The number of nitrogens with zero attached hydrogens (tertiary/aromatic N) is 3. The molecule has 1 fully saturated rings. The normalized spacial score (nSPS) is 19.6. The van der Waals surface area contributed by atoms with Crippen molar-refractivity contribution in [1.82, 2.24) is 14.9 Å². The number of aliphatic hydroxyl groups is 9. The van der Waals surface area contributed by atoms with E-state index in [4.69, 9.17) is 25.2 Å². The molecule has 1 aliphatic heterocycles. The van der Waals surface area contributed by atoms with E-state index in [0.29, 0.717) is 11.1 Å². The van der Waals surface area contributed by atoms with Gasteiger partial charge in [0.25, 0.3) is 5.79 Å². The van der Waals surface area contributed by atoms with E-state index in [1.54, 1.807) is 36.4 Å². The first-order chi connectivity index (χ1) is 30.9. The minimum Gasteiger partial charge on any atom is -0.473 e. The summed E-state index contributed by atoms with van der Waals surface area (Å²) in [5.41, 5.74) is -13.6. The Kier molecular flexibility index (Phi) is 15.5. The number of aromatic nitrogens is 2. The number of halogens is 3. The fourth-order valence-electron chi connectivity index (χ4n) is 7.94. The number of alkyl halides is 3. The lowest BCUT2D eigenvalue weighted by Crippen LogP contribution is -2.86. The number of likely N-dealkylation sites (tertiary alicyclic amines) is 1. The highest BCUT2D eigenvalue weighted by Gasteiger charge is 2.80. The number of rotatable bonds is 16. The highest BCUT2D eigenvalue weighted by molar-refractivity contribution is 6.25. The van der Waals surface area contributed by atoms with Crippen LogP contribution < -0.4 is 9.47 Å². The van der Waals surface area contributed by atoms with Gasteiger partial charge in [0.05, 0.1) is 16.6 Å². The first kappa shape index (κ1) is 51.5. The molecule has 1 saturated heterocycles. The molecule has 3 aromatic carbocycles. The molecule has 3 heterocycles. The third kappa shape index (κ3) is 10.1. The van der Waals surface area contributed by atoms with Crippen LogP contribution in [0.25, 0.3) is 22.0 Å². The molecule has 0 bridgehead atoms. The SMILES string of the molecule is CC.[B]C(O)(O)C([B])(O)C1(C(O)(O)C(O)(O)O)CN(Cc2ccc(C(F)(F)F)cc2)CCC1(O)c1ccc2ncc(-c3ccc(OC/C(C=C)=C/C=C)nc3OCc3ccccc3)cc2c1. The Bertz CT molecular complexity index is 2490. The zero-order chi connectivity index (χ0) is 48.9. The quantitative estimate of drug-likeness (QED) is 0.0391. The smallest absolute Gasteiger partial charge is 0.416 e. The lowest BCUT2D eigenvalue weighted by Gasteiger charge is -2.66. The number of hydrogen-bond acceptors (Lipinski definition) is 14. The van der Waals surface area contributed by atoms with Gasteiger partial charge in [-0.1, -0.05) is 93.8 Å². The molecular weight excluding hydrogens is 861 g/mol. The summed E-state index contributed by atoms with van der Waals surface area (Å²) in [5, 5.41) is 101. The zero-order valence-electron chi connectivity index (χ0n) is 36.1. The monoisotopic (exact) mass is 911 g/mol. The summed E-state index contributed by atoms with van der Waals surface area (Å²) in [6.07, 6.45) is 0.969. The number of pyridine rings is 2. The van der Waals surface area contributed by atoms with Crippen LogP contribution in [0.3, 0.4) is 0 Å². The van der Waals surface area contributed by atoms with Gasteiger partial charge in [-0.3, -0.25) is 9.88 Å². The summed E-state index contributed by atoms with van der Waals surface area (Å²) in [5.74, 6) is -8.99. The fraction of sp³-hybridized carbons (Fsp3) is 0.319. The molecule has 6 rings (SSSR count). The highest BCUT2D eigenvalue weighted by Crippen LogP contribution is 2.60. The number of ether oxygens (including phenoxy) is 2. The number of allylic oxidation sites excluding steroid dienone is 2. The van der Waals surface area contributed by atoms with Gasteiger partial charge in [0.1, 0.15) is 37.8 Å². The van der Waals surface area contributed by atoms with Crippen molar-refractivity contribution in [2.45, 2.75) is 68.1 Å². The lowest BCUT2D eigenvalue weighted by molar-refractivity contribution is -0.510. The molecule has 3 unspecified atom stereocenters. The van der Waals surface area contributed by atoms with E-state index in [-0.39, 0.29) is 60.1 Å². The summed E-state index contributed by atoms with van der Waals surface area (Å²) in [6, 6.07) is 21.6. The maximum atomic E-state index is 13.3. The summed E-state index contributed by atoms with van der Waals surface area (Å²) in [4.78, 5) is 10.3. The van der Waals surface area contributed by atoms with Crippen molar-refractivity contribution in [2.75, 3.05) is 19.7 Å². The highest BCUT2D eigenvalue weighted by atomic mass is 19.4. The number of benzene rings is 3. The average Bonchev–Trinajstić information content (AvgIpc) is 3.27. The second-order valence-corrected chi connectivity index (χ2v) is 15.6. The van der Waals surface area contributed by atoms with Crippen LogP contribution in [-0.4, -0.2) is 119 Å². The molecule has 0 spiro atoms. The third-order valence-electron chi connectivity index (χ3n) is 11.4. The van der Waals surface area contributed by atoms with Crippen molar-refractivity contribution in [1.29, 1.82) is 0 Å². The molecule has 346 valence electrons. The van der Waals surface area contributed by atoms with Gasteiger partial charge in [0, 0.05) is 48.4 Å². The Hall–Kier alpha value is -5.44. The minimum absolute atomic E-state index is 0.0984. The number of fused-ring (bicyclic) bond motifs is 1. The first-order valence-electron chi connectivity index (χ1n) is 20.5. The van der Waals surface area contributed by atoms with Crippen LogP contribution in [0.5, 0.6) is 11.8 Å². The Morgan fingerprint density at radius 1 is 0.848 bits per heavy atom. The molecule has 9 N–H and O–H groups in total. The first-order valence-corrected chi connectivity index (χ1v) is 20.5. The summed E-state index contributed by atoms with van der Waals surface area (Å²) in [7, 11) is 11.6. The molecule has 66 heavy (non-hydrogen) atoms. The predicted octanol–water partition coefficient (Wildman–Crippen LogP) is 3.65. The Morgan fingerprint density at radius 3 is 2.11 bits per heavy atom. The number of piperidine rings is 1. The molecule has 5 aromatic rings. The molecule has 3 atom stereocenters. The van der Waals surface area contributed by atoms with Gasteiger partial charge in [-0.2, -0.15) is 18.2 Å². The molecule has 19 heteroatoms.